The molecule has 0 radical (unpaired) electrons. The molecule has 4 heteroatoms. The summed E-state index contributed by atoms with van der Waals surface area (Å²) in [7, 11) is 1.85. The summed E-state index contributed by atoms with van der Waals surface area (Å²) in [5.74, 6) is 1.69. The molecule has 0 spiro atoms. The van der Waals surface area contributed by atoms with Gasteiger partial charge in [0.25, 0.3) is 0 Å². The molecule has 17 heavy (non-hydrogen) atoms. The quantitative estimate of drug-likeness (QED) is 0.843. The van der Waals surface area contributed by atoms with Gasteiger partial charge in [0.1, 0.15) is 18.0 Å². The predicted molar refractivity (Wildman–Crippen MR) is 73.4 cm³/mol. The smallest absolute Gasteiger partial charge is 0.131 e. The van der Waals surface area contributed by atoms with Crippen LogP contribution in [0.15, 0.2) is 12.4 Å². The summed E-state index contributed by atoms with van der Waals surface area (Å²) < 4.78 is 0. The van der Waals surface area contributed by atoms with Gasteiger partial charge >= 0.3 is 0 Å². The number of rotatable bonds is 4. The Balaban J connectivity index is 2.75. The second kappa shape index (κ2) is 4.90. The summed E-state index contributed by atoms with van der Waals surface area (Å²) in [6.07, 6.45) is 2.64. The highest BCUT2D eigenvalue weighted by Gasteiger charge is 2.25. The van der Waals surface area contributed by atoms with Crippen molar-refractivity contribution in [1.29, 1.82) is 0 Å². The maximum Gasteiger partial charge on any atom is 0.131 e. The van der Waals surface area contributed by atoms with E-state index in [0.29, 0.717) is 0 Å². The summed E-state index contributed by atoms with van der Waals surface area (Å²) in [6, 6.07) is 1.92. The monoisotopic (exact) mass is 236 g/mol. The molecule has 0 aliphatic carbocycles. The minimum absolute atomic E-state index is 0.0115. The topological polar surface area (TPSA) is 49.8 Å². The molecule has 1 heterocycles. The minimum Gasteiger partial charge on any atom is -0.373 e. The van der Waals surface area contributed by atoms with Crippen LogP contribution >= 0.6 is 0 Å². The molecule has 1 rings (SSSR count). The van der Waals surface area contributed by atoms with Crippen molar-refractivity contribution in [3.8, 4) is 0 Å². The van der Waals surface area contributed by atoms with Gasteiger partial charge in [0.15, 0.2) is 0 Å². The third-order valence-corrected chi connectivity index (χ3v) is 2.36. The zero-order valence-corrected chi connectivity index (χ0v) is 11.8. The van der Waals surface area contributed by atoms with E-state index in [2.05, 4.69) is 55.2 Å². The van der Waals surface area contributed by atoms with Crippen molar-refractivity contribution < 1.29 is 0 Å². The van der Waals surface area contributed by atoms with E-state index in [-0.39, 0.29) is 11.0 Å². The van der Waals surface area contributed by atoms with E-state index >= 15 is 0 Å². The fraction of sp³-hybridized carbons (Fsp3) is 0.692. The van der Waals surface area contributed by atoms with Crippen molar-refractivity contribution >= 4 is 11.6 Å². The van der Waals surface area contributed by atoms with Gasteiger partial charge in [-0.25, -0.2) is 9.97 Å². The molecule has 96 valence electrons. The molecule has 0 unspecified atom stereocenters. The molecule has 0 aliphatic heterocycles. The standard InChI is InChI=1S/C13H24N4/c1-12(2,3)8-13(4,5)17-11-7-10(14-6)15-9-16-11/h7,9H,8H2,1-6H3,(H2,14,15,16,17). The molecule has 2 N–H and O–H groups in total. The van der Waals surface area contributed by atoms with Crippen LogP contribution in [0.1, 0.15) is 41.0 Å². The van der Waals surface area contributed by atoms with Crippen LogP contribution in [-0.4, -0.2) is 22.6 Å². The Hall–Kier alpha value is -1.32. The first kappa shape index (κ1) is 13.7. The van der Waals surface area contributed by atoms with E-state index in [1.54, 1.807) is 6.33 Å². The predicted octanol–water partition coefficient (Wildman–Crippen LogP) is 3.15. The number of hydrogen-bond acceptors (Lipinski definition) is 4. The van der Waals surface area contributed by atoms with Crippen molar-refractivity contribution in [2.75, 3.05) is 17.7 Å². The fourth-order valence-corrected chi connectivity index (χ4v) is 2.28. The lowest BCUT2D eigenvalue weighted by molar-refractivity contribution is 0.302. The molecule has 0 bridgehead atoms. The van der Waals surface area contributed by atoms with Crippen molar-refractivity contribution in [1.82, 2.24) is 9.97 Å². The molecule has 0 atom stereocenters. The Labute approximate surface area is 104 Å². The van der Waals surface area contributed by atoms with Crippen LogP contribution in [-0.2, 0) is 0 Å². The van der Waals surface area contributed by atoms with E-state index in [9.17, 15) is 0 Å². The Morgan fingerprint density at radius 1 is 1.06 bits per heavy atom. The lowest BCUT2D eigenvalue weighted by atomic mass is 9.82. The molecule has 0 amide bonds. The third-order valence-electron chi connectivity index (χ3n) is 2.36. The summed E-state index contributed by atoms with van der Waals surface area (Å²) >= 11 is 0. The molecule has 4 nitrogen and oxygen atoms in total. The summed E-state index contributed by atoms with van der Waals surface area (Å²) in [5.41, 5.74) is 0.299. The molecule has 1 aromatic heterocycles. The molecule has 0 aromatic carbocycles. The highest BCUT2D eigenvalue weighted by Crippen LogP contribution is 2.29. The van der Waals surface area contributed by atoms with Gasteiger partial charge in [-0.1, -0.05) is 20.8 Å². The Morgan fingerprint density at radius 2 is 1.65 bits per heavy atom. The second-order valence-corrected chi connectivity index (χ2v) is 6.28. The summed E-state index contributed by atoms with van der Waals surface area (Å²) in [6.45, 7) is 11.1. The number of nitrogens with one attached hydrogen (secondary N) is 2. The molecule has 0 fully saturated rings. The third kappa shape index (κ3) is 5.02. The van der Waals surface area contributed by atoms with Gasteiger partial charge in [0.2, 0.25) is 0 Å². The highest BCUT2D eigenvalue weighted by molar-refractivity contribution is 5.47. The number of hydrogen-bond donors (Lipinski definition) is 2. The van der Waals surface area contributed by atoms with E-state index < -0.39 is 0 Å². The van der Waals surface area contributed by atoms with Crippen molar-refractivity contribution in [2.45, 2.75) is 46.6 Å². The van der Waals surface area contributed by atoms with Crippen LogP contribution in [0.25, 0.3) is 0 Å². The average molecular weight is 236 g/mol. The first-order valence-corrected chi connectivity index (χ1v) is 6.00. The summed E-state index contributed by atoms with van der Waals surface area (Å²) in [4.78, 5) is 8.34. The molecule has 1 aromatic rings. The van der Waals surface area contributed by atoms with E-state index in [4.69, 9.17) is 0 Å². The van der Waals surface area contributed by atoms with Crippen LogP contribution in [0.4, 0.5) is 11.6 Å². The fourth-order valence-electron chi connectivity index (χ4n) is 2.28. The maximum atomic E-state index is 4.24. The van der Waals surface area contributed by atoms with Gasteiger partial charge in [0.05, 0.1) is 0 Å². The van der Waals surface area contributed by atoms with E-state index in [1.807, 2.05) is 13.1 Å². The number of nitrogens with zero attached hydrogens (tertiary/aromatic N) is 2. The van der Waals surface area contributed by atoms with Gasteiger partial charge < -0.3 is 10.6 Å². The zero-order chi connectivity index (χ0) is 13.1. The molecule has 0 saturated heterocycles. The van der Waals surface area contributed by atoms with Crippen molar-refractivity contribution in [2.24, 2.45) is 5.41 Å². The van der Waals surface area contributed by atoms with Crippen LogP contribution in [0.3, 0.4) is 0 Å². The normalized spacial score (nSPS) is 12.4. The largest absolute Gasteiger partial charge is 0.373 e. The Kier molecular flexibility index (Phi) is 3.96. The Bertz CT molecular complexity index is 366. The summed E-state index contributed by atoms with van der Waals surface area (Å²) in [5, 5.41) is 6.47. The molecule has 0 saturated carbocycles. The van der Waals surface area contributed by atoms with Crippen LogP contribution in [0.2, 0.25) is 0 Å². The first-order valence-electron chi connectivity index (χ1n) is 6.00. The lowest BCUT2D eigenvalue weighted by Gasteiger charge is -2.33. The van der Waals surface area contributed by atoms with Crippen LogP contribution < -0.4 is 10.6 Å². The van der Waals surface area contributed by atoms with Crippen LogP contribution in [0.5, 0.6) is 0 Å². The van der Waals surface area contributed by atoms with E-state index in [0.717, 1.165) is 18.1 Å². The van der Waals surface area contributed by atoms with Gasteiger partial charge in [0, 0.05) is 18.7 Å². The van der Waals surface area contributed by atoms with Crippen molar-refractivity contribution in [3.63, 3.8) is 0 Å². The number of aromatic nitrogens is 2. The second-order valence-electron chi connectivity index (χ2n) is 6.28. The minimum atomic E-state index is 0.0115. The maximum absolute atomic E-state index is 4.24. The average Bonchev–Trinajstić information content (AvgIpc) is 2.13. The van der Waals surface area contributed by atoms with Gasteiger partial charge in [-0.05, 0) is 25.7 Å². The van der Waals surface area contributed by atoms with Crippen LogP contribution in [0, 0.1) is 5.41 Å². The molecule has 0 aliphatic rings. The Morgan fingerprint density at radius 3 is 2.18 bits per heavy atom. The van der Waals surface area contributed by atoms with Crippen molar-refractivity contribution in [3.05, 3.63) is 12.4 Å². The van der Waals surface area contributed by atoms with Gasteiger partial charge in [-0.15, -0.1) is 0 Å². The molecular formula is C13H24N4. The lowest BCUT2D eigenvalue weighted by Crippen LogP contribution is -2.35. The van der Waals surface area contributed by atoms with Gasteiger partial charge in [-0.2, -0.15) is 0 Å². The van der Waals surface area contributed by atoms with E-state index in [1.165, 1.54) is 0 Å². The highest BCUT2D eigenvalue weighted by atomic mass is 15.1. The molecular weight excluding hydrogens is 212 g/mol. The SMILES string of the molecule is CNc1cc(NC(C)(C)CC(C)(C)C)ncn1. The zero-order valence-electron chi connectivity index (χ0n) is 11.8. The first-order chi connectivity index (χ1) is 7.72. The van der Waals surface area contributed by atoms with Gasteiger partial charge in [-0.3, -0.25) is 0 Å². The number of anilines is 2.